The van der Waals surface area contributed by atoms with Gasteiger partial charge in [-0.2, -0.15) is 0 Å². The van der Waals surface area contributed by atoms with Crippen LogP contribution in [-0.2, 0) is 11.2 Å². The van der Waals surface area contributed by atoms with Crippen LogP contribution < -0.4 is 10.5 Å². The van der Waals surface area contributed by atoms with Crippen LogP contribution in [-0.4, -0.2) is 55.0 Å². The zero-order valence-corrected chi connectivity index (χ0v) is 16.2. The number of hydrogen-bond donors (Lipinski definition) is 1. The van der Waals surface area contributed by atoms with E-state index in [-0.39, 0.29) is 11.9 Å². The van der Waals surface area contributed by atoms with E-state index in [1.807, 2.05) is 47.4 Å². The first kappa shape index (κ1) is 19.4. The van der Waals surface area contributed by atoms with Crippen molar-refractivity contribution in [1.29, 1.82) is 0 Å². The Morgan fingerprint density at radius 2 is 1.78 bits per heavy atom. The third-order valence-corrected chi connectivity index (χ3v) is 5.37. The van der Waals surface area contributed by atoms with Gasteiger partial charge in [0.05, 0.1) is 13.2 Å². The highest BCUT2D eigenvalue weighted by Gasteiger charge is 2.27. The van der Waals surface area contributed by atoms with Crippen molar-refractivity contribution in [3.8, 4) is 5.75 Å². The molecule has 1 heterocycles. The smallest absolute Gasteiger partial charge is 0.239 e. The molecule has 2 unspecified atom stereocenters. The summed E-state index contributed by atoms with van der Waals surface area (Å²) in [6, 6.07) is 18.0. The zero-order chi connectivity index (χ0) is 19.2. The molecule has 5 heteroatoms. The Labute approximate surface area is 161 Å². The Hall–Kier alpha value is -2.37. The first-order chi connectivity index (χ1) is 13.1. The van der Waals surface area contributed by atoms with Gasteiger partial charge in [-0.15, -0.1) is 0 Å². The van der Waals surface area contributed by atoms with Crippen molar-refractivity contribution in [2.45, 2.75) is 25.4 Å². The topological polar surface area (TPSA) is 58.8 Å². The zero-order valence-electron chi connectivity index (χ0n) is 16.2. The molecule has 2 N–H and O–H groups in total. The van der Waals surface area contributed by atoms with Crippen LogP contribution in [0.5, 0.6) is 5.75 Å². The van der Waals surface area contributed by atoms with E-state index >= 15 is 0 Å². The van der Waals surface area contributed by atoms with Crippen molar-refractivity contribution in [2.75, 3.05) is 33.3 Å². The molecule has 5 nitrogen and oxygen atoms in total. The van der Waals surface area contributed by atoms with Gasteiger partial charge in [0.15, 0.2) is 0 Å². The Morgan fingerprint density at radius 1 is 1.07 bits per heavy atom. The van der Waals surface area contributed by atoms with Gasteiger partial charge in [-0.05, 0) is 36.6 Å². The van der Waals surface area contributed by atoms with E-state index in [0.717, 1.165) is 37.5 Å². The van der Waals surface area contributed by atoms with E-state index < -0.39 is 6.04 Å². The normalized spacial score (nSPS) is 17.4. The first-order valence-corrected chi connectivity index (χ1v) is 9.55. The maximum atomic E-state index is 12.7. The Balaban J connectivity index is 1.54. The predicted octanol–water partition coefficient (Wildman–Crippen LogP) is 2.47. The van der Waals surface area contributed by atoms with E-state index in [0.29, 0.717) is 6.42 Å². The van der Waals surface area contributed by atoms with Gasteiger partial charge in [0.2, 0.25) is 5.91 Å². The van der Waals surface area contributed by atoms with Crippen molar-refractivity contribution < 1.29 is 9.53 Å². The summed E-state index contributed by atoms with van der Waals surface area (Å²) in [5, 5.41) is 0. The number of methoxy groups -OCH3 is 1. The molecule has 144 valence electrons. The second-order valence-corrected chi connectivity index (χ2v) is 7.11. The Kier molecular flexibility index (Phi) is 6.48. The standard InChI is InChI=1S/C22H29N3O2/c1-17(19-9-6-10-20(16-19)27-2)24-11-13-25(14-12-24)22(26)21(23)15-18-7-4-3-5-8-18/h3-10,16-17,21H,11-15,23H2,1-2H3. The van der Waals surface area contributed by atoms with Crippen molar-refractivity contribution in [3.05, 3.63) is 65.7 Å². The molecule has 0 bridgehead atoms. The fourth-order valence-electron chi connectivity index (χ4n) is 3.63. The summed E-state index contributed by atoms with van der Waals surface area (Å²) in [5.41, 5.74) is 8.51. The second-order valence-electron chi connectivity index (χ2n) is 7.11. The average molecular weight is 367 g/mol. The van der Waals surface area contributed by atoms with E-state index in [4.69, 9.17) is 10.5 Å². The number of nitrogens with two attached hydrogens (primary N) is 1. The van der Waals surface area contributed by atoms with Gasteiger partial charge in [-0.3, -0.25) is 9.69 Å². The largest absolute Gasteiger partial charge is 0.497 e. The quantitative estimate of drug-likeness (QED) is 0.852. The minimum Gasteiger partial charge on any atom is -0.497 e. The molecule has 27 heavy (non-hydrogen) atoms. The van der Waals surface area contributed by atoms with E-state index in [9.17, 15) is 4.79 Å². The lowest BCUT2D eigenvalue weighted by Crippen LogP contribution is -2.53. The minimum absolute atomic E-state index is 0.0486. The highest BCUT2D eigenvalue weighted by Crippen LogP contribution is 2.25. The molecule has 1 saturated heterocycles. The van der Waals surface area contributed by atoms with Gasteiger partial charge in [0.25, 0.3) is 0 Å². The lowest BCUT2D eigenvalue weighted by molar-refractivity contribution is -0.134. The number of amides is 1. The van der Waals surface area contributed by atoms with Crippen LogP contribution in [0.15, 0.2) is 54.6 Å². The van der Waals surface area contributed by atoms with Gasteiger partial charge < -0.3 is 15.4 Å². The molecule has 0 aromatic heterocycles. The SMILES string of the molecule is COc1cccc(C(C)N2CCN(C(=O)C(N)Cc3ccccc3)CC2)c1. The van der Waals surface area contributed by atoms with E-state index in [2.05, 4.69) is 24.0 Å². The van der Waals surface area contributed by atoms with Crippen molar-refractivity contribution in [3.63, 3.8) is 0 Å². The second kappa shape index (κ2) is 9.02. The number of hydrogen-bond acceptors (Lipinski definition) is 4. The van der Waals surface area contributed by atoms with Gasteiger partial charge in [-0.25, -0.2) is 0 Å². The summed E-state index contributed by atoms with van der Waals surface area (Å²) in [5.74, 6) is 0.924. The number of piperazine rings is 1. The third kappa shape index (κ3) is 4.87. The third-order valence-electron chi connectivity index (χ3n) is 5.37. The molecule has 2 aromatic rings. The van der Waals surface area contributed by atoms with Crippen LogP contribution in [0.25, 0.3) is 0 Å². The van der Waals surface area contributed by atoms with Crippen LogP contribution in [0, 0.1) is 0 Å². The maximum Gasteiger partial charge on any atom is 0.239 e. The molecule has 2 atom stereocenters. The fourth-order valence-corrected chi connectivity index (χ4v) is 3.63. The van der Waals surface area contributed by atoms with Crippen molar-refractivity contribution >= 4 is 5.91 Å². The first-order valence-electron chi connectivity index (χ1n) is 9.55. The molecule has 1 aliphatic rings. The number of benzene rings is 2. The number of nitrogens with zero attached hydrogens (tertiary/aromatic N) is 2. The van der Waals surface area contributed by atoms with Gasteiger partial charge >= 0.3 is 0 Å². The van der Waals surface area contributed by atoms with Crippen LogP contribution >= 0.6 is 0 Å². The highest BCUT2D eigenvalue weighted by atomic mass is 16.5. The summed E-state index contributed by atoms with van der Waals surface area (Å²) in [6.07, 6.45) is 0.583. The summed E-state index contributed by atoms with van der Waals surface area (Å²) in [6.45, 7) is 5.34. The molecule has 0 saturated carbocycles. The lowest BCUT2D eigenvalue weighted by Gasteiger charge is -2.39. The molecular formula is C22H29N3O2. The molecule has 0 radical (unpaired) electrons. The molecule has 1 fully saturated rings. The highest BCUT2D eigenvalue weighted by molar-refractivity contribution is 5.82. The lowest BCUT2D eigenvalue weighted by atomic mass is 10.0. The van der Waals surface area contributed by atoms with Gasteiger partial charge in [-0.1, -0.05) is 42.5 Å². The average Bonchev–Trinajstić information content (AvgIpc) is 2.73. The van der Waals surface area contributed by atoms with Crippen molar-refractivity contribution in [2.24, 2.45) is 5.73 Å². The summed E-state index contributed by atoms with van der Waals surface area (Å²) in [7, 11) is 1.69. The van der Waals surface area contributed by atoms with Gasteiger partial charge in [0, 0.05) is 32.2 Å². The van der Waals surface area contributed by atoms with Crippen molar-refractivity contribution in [1.82, 2.24) is 9.80 Å². The molecular weight excluding hydrogens is 338 g/mol. The number of carbonyl (C=O) groups is 1. The van der Waals surface area contributed by atoms with E-state index in [1.54, 1.807) is 7.11 Å². The van der Waals surface area contributed by atoms with Crippen LogP contribution in [0.1, 0.15) is 24.1 Å². The molecule has 1 amide bonds. The number of ether oxygens (including phenoxy) is 1. The fraction of sp³-hybridized carbons (Fsp3) is 0.409. The molecule has 2 aromatic carbocycles. The molecule has 0 aliphatic carbocycles. The van der Waals surface area contributed by atoms with Crippen LogP contribution in [0.3, 0.4) is 0 Å². The summed E-state index contributed by atoms with van der Waals surface area (Å²) >= 11 is 0. The van der Waals surface area contributed by atoms with Crippen LogP contribution in [0.2, 0.25) is 0 Å². The monoisotopic (exact) mass is 367 g/mol. The predicted molar refractivity (Wildman–Crippen MR) is 108 cm³/mol. The number of rotatable bonds is 6. The van der Waals surface area contributed by atoms with Gasteiger partial charge in [0.1, 0.15) is 5.75 Å². The van der Waals surface area contributed by atoms with E-state index in [1.165, 1.54) is 5.56 Å². The minimum atomic E-state index is -0.477. The Morgan fingerprint density at radius 3 is 2.44 bits per heavy atom. The van der Waals surface area contributed by atoms with Crippen LogP contribution in [0.4, 0.5) is 0 Å². The summed E-state index contributed by atoms with van der Waals surface area (Å²) < 4.78 is 5.33. The summed E-state index contributed by atoms with van der Waals surface area (Å²) in [4.78, 5) is 17.0. The maximum absolute atomic E-state index is 12.7. The Bertz CT molecular complexity index is 742. The molecule has 0 spiro atoms. The number of carbonyl (C=O) groups excluding carboxylic acids is 1. The molecule has 3 rings (SSSR count). The molecule has 1 aliphatic heterocycles.